The summed E-state index contributed by atoms with van der Waals surface area (Å²) in [5, 5.41) is 25.7. The van der Waals surface area contributed by atoms with Crippen LogP contribution in [-0.2, 0) is 0 Å². The second-order valence-electron chi connectivity index (χ2n) is 24.2. The molecule has 0 saturated carbocycles. The summed E-state index contributed by atoms with van der Waals surface area (Å²) < 4.78 is 14.5. The van der Waals surface area contributed by atoms with E-state index < -0.39 is 0 Å². The summed E-state index contributed by atoms with van der Waals surface area (Å²) >= 11 is 0. The van der Waals surface area contributed by atoms with Gasteiger partial charge in [-0.1, -0.05) is 170 Å². The highest BCUT2D eigenvalue weighted by Gasteiger charge is 2.27. The average Bonchev–Trinajstić information content (AvgIpc) is 1.59. The predicted molar refractivity (Wildman–Crippen MR) is 380 cm³/mol. The van der Waals surface area contributed by atoms with Crippen molar-refractivity contribution in [2.45, 2.75) is 0 Å². The molecule has 13 aromatic carbocycles. The molecule has 0 bridgehead atoms. The lowest BCUT2D eigenvalue weighted by Crippen LogP contribution is -2.06. The summed E-state index contributed by atoms with van der Waals surface area (Å²) in [7, 11) is 0. The quantitative estimate of drug-likeness (QED) is 0.160. The summed E-state index contributed by atoms with van der Waals surface area (Å²) in [6.07, 6.45) is 3.78. The number of nitriles is 1. The van der Waals surface area contributed by atoms with E-state index >= 15 is 0 Å². The lowest BCUT2D eigenvalue weighted by atomic mass is 9.99. The van der Waals surface area contributed by atoms with Crippen molar-refractivity contribution in [2.24, 2.45) is 0 Å². The first kappa shape index (κ1) is 50.3. The summed E-state index contributed by atoms with van der Waals surface area (Å²) in [6.45, 7) is 0. The van der Waals surface area contributed by atoms with E-state index in [1.54, 1.807) is 0 Å². The van der Waals surface area contributed by atoms with Gasteiger partial charge in [0.25, 0.3) is 0 Å². The molecule has 0 aliphatic carbocycles. The third-order valence-corrected chi connectivity index (χ3v) is 19.5. The van der Waals surface area contributed by atoms with Crippen molar-refractivity contribution >= 4 is 131 Å². The van der Waals surface area contributed by atoms with Crippen LogP contribution >= 0.6 is 0 Å². The Morgan fingerprint density at radius 2 is 0.457 bits per heavy atom. The van der Waals surface area contributed by atoms with Gasteiger partial charge in [0, 0.05) is 105 Å². The minimum atomic E-state index is 0.520. The van der Waals surface area contributed by atoms with Crippen LogP contribution in [0, 0.1) is 11.3 Å². The van der Waals surface area contributed by atoms with Crippen LogP contribution in [0.3, 0.4) is 0 Å². The van der Waals surface area contributed by atoms with Gasteiger partial charge in [-0.2, -0.15) is 5.26 Å². The van der Waals surface area contributed by atoms with Crippen molar-refractivity contribution in [3.05, 3.63) is 309 Å². The van der Waals surface area contributed by atoms with E-state index in [0.29, 0.717) is 5.56 Å². The molecule has 0 aliphatic rings. The average molecular weight is 1170 g/mol. The molecule has 8 heteroatoms. The minimum Gasteiger partial charge on any atom is -0.309 e. The topological polar surface area (TPSA) is 66.3 Å². The monoisotopic (exact) mass is 1170 g/mol. The van der Waals surface area contributed by atoms with Crippen molar-refractivity contribution in [1.29, 1.82) is 5.26 Å². The zero-order chi connectivity index (χ0) is 60.3. The Morgan fingerprint density at radius 3 is 0.696 bits per heavy atom. The molecule has 0 N–H and O–H groups in total. The molecule has 20 rings (SSSR count). The van der Waals surface area contributed by atoms with Crippen molar-refractivity contribution in [2.75, 3.05) is 0 Å². The number of pyridine rings is 1. The van der Waals surface area contributed by atoms with Crippen LogP contribution in [0.2, 0.25) is 0 Å². The zero-order valence-electron chi connectivity index (χ0n) is 49.4. The fraction of sp³-hybridized carbons (Fsp3) is 0. The molecule has 0 unspecified atom stereocenters. The number of rotatable bonds is 7. The molecule has 0 spiro atoms. The normalized spacial score (nSPS) is 12.1. The SMILES string of the molecule is N#Cc1cc(-n2c3cc(-n4c5ccccc5c5ccccc54)ccc3c3ccc(-n4c5ccccc5c5ccccc54)cc32)c(-c2ccncc2)c(-n2c3cc(-n4c5ccccc5c5ccccc54)ccc3c3ccc(-n4c5ccccc5c5ccccc54)cc32)c1. The van der Waals surface area contributed by atoms with E-state index in [0.717, 1.165) is 133 Å². The number of nitrogens with zero attached hydrogens (tertiary/aromatic N) is 8. The number of hydrogen-bond donors (Lipinski definition) is 0. The van der Waals surface area contributed by atoms with Crippen molar-refractivity contribution in [1.82, 2.24) is 32.4 Å². The first-order chi connectivity index (χ1) is 45.6. The van der Waals surface area contributed by atoms with Gasteiger partial charge in [-0.05, 0) is 127 Å². The van der Waals surface area contributed by atoms with Gasteiger partial charge in [-0.3, -0.25) is 4.98 Å². The van der Waals surface area contributed by atoms with Crippen LogP contribution in [0.25, 0.3) is 176 Å². The molecule has 0 fully saturated rings. The van der Waals surface area contributed by atoms with E-state index in [1.807, 2.05) is 12.4 Å². The number of hydrogen-bond acceptors (Lipinski definition) is 2. The minimum absolute atomic E-state index is 0.520. The summed E-state index contributed by atoms with van der Waals surface area (Å²) in [4.78, 5) is 4.67. The van der Waals surface area contributed by atoms with Crippen molar-refractivity contribution in [3.63, 3.8) is 0 Å². The number of benzene rings is 13. The largest absolute Gasteiger partial charge is 0.309 e. The Morgan fingerprint density at radius 1 is 0.228 bits per heavy atom. The van der Waals surface area contributed by atoms with E-state index in [9.17, 15) is 5.26 Å². The maximum atomic E-state index is 11.8. The molecule has 0 aliphatic heterocycles. The van der Waals surface area contributed by atoms with Gasteiger partial charge in [-0.25, -0.2) is 0 Å². The molecule has 0 saturated heterocycles. The highest BCUT2D eigenvalue weighted by atomic mass is 15.1. The number of fused-ring (bicyclic) bond motifs is 18. The molecular formula is C84H50N8. The van der Waals surface area contributed by atoms with Gasteiger partial charge in [-0.15, -0.1) is 0 Å². The van der Waals surface area contributed by atoms with Crippen molar-refractivity contribution < 1.29 is 0 Å². The molecular weight excluding hydrogens is 1120 g/mol. The maximum Gasteiger partial charge on any atom is 0.0993 e. The zero-order valence-corrected chi connectivity index (χ0v) is 49.4. The molecule has 426 valence electrons. The summed E-state index contributed by atoms with van der Waals surface area (Å²) in [6, 6.07) is 109. The van der Waals surface area contributed by atoms with Crippen LogP contribution < -0.4 is 0 Å². The Labute approximate surface area is 526 Å². The first-order valence-electron chi connectivity index (χ1n) is 31.2. The predicted octanol–water partition coefficient (Wildman–Crippen LogP) is 21.2. The van der Waals surface area contributed by atoms with Gasteiger partial charge in [0.2, 0.25) is 0 Å². The van der Waals surface area contributed by atoms with E-state index in [1.165, 1.54) is 43.1 Å². The van der Waals surface area contributed by atoms with E-state index in [2.05, 4.69) is 330 Å². The van der Waals surface area contributed by atoms with Gasteiger partial charge >= 0.3 is 0 Å². The second-order valence-corrected chi connectivity index (χ2v) is 24.2. The van der Waals surface area contributed by atoms with Crippen LogP contribution in [-0.4, -0.2) is 32.4 Å². The van der Waals surface area contributed by atoms with E-state index in [4.69, 9.17) is 0 Å². The van der Waals surface area contributed by atoms with Gasteiger partial charge in [0.15, 0.2) is 0 Å². The Kier molecular flexibility index (Phi) is 10.5. The van der Waals surface area contributed by atoms with E-state index in [-0.39, 0.29) is 0 Å². The Balaban J connectivity index is 0.942. The van der Waals surface area contributed by atoms with Gasteiger partial charge in [0.1, 0.15) is 0 Å². The molecule has 0 amide bonds. The van der Waals surface area contributed by atoms with Gasteiger partial charge in [0.05, 0.1) is 89.2 Å². The van der Waals surface area contributed by atoms with Crippen LogP contribution in [0.4, 0.5) is 0 Å². The lowest BCUT2D eigenvalue weighted by Gasteiger charge is -2.21. The second kappa shape index (κ2) is 19.2. The molecule has 92 heavy (non-hydrogen) atoms. The molecule has 0 atom stereocenters. The summed E-state index contributed by atoms with van der Waals surface area (Å²) in [5.41, 5.74) is 21.3. The third kappa shape index (κ3) is 7.01. The maximum absolute atomic E-state index is 11.8. The third-order valence-electron chi connectivity index (χ3n) is 19.5. The molecule has 7 heterocycles. The fourth-order valence-corrected chi connectivity index (χ4v) is 15.7. The fourth-order valence-electron chi connectivity index (χ4n) is 15.7. The Bertz CT molecular complexity index is 5660. The molecule has 0 radical (unpaired) electrons. The van der Waals surface area contributed by atoms with Crippen LogP contribution in [0.5, 0.6) is 0 Å². The molecule has 8 nitrogen and oxygen atoms in total. The first-order valence-corrected chi connectivity index (χ1v) is 31.2. The highest BCUT2D eigenvalue weighted by Crippen LogP contribution is 2.47. The highest BCUT2D eigenvalue weighted by molar-refractivity contribution is 6.17. The molecule has 20 aromatic rings. The lowest BCUT2D eigenvalue weighted by molar-refractivity contribution is 1.11. The number of aromatic nitrogens is 7. The number of para-hydroxylation sites is 8. The van der Waals surface area contributed by atoms with Gasteiger partial charge < -0.3 is 27.4 Å². The Hall–Kier alpha value is -12.7. The van der Waals surface area contributed by atoms with Crippen LogP contribution in [0.1, 0.15) is 5.56 Å². The van der Waals surface area contributed by atoms with Crippen LogP contribution in [0.15, 0.2) is 304 Å². The van der Waals surface area contributed by atoms with Crippen molar-refractivity contribution in [3.8, 4) is 51.3 Å². The molecule has 7 aromatic heterocycles. The summed E-state index contributed by atoms with van der Waals surface area (Å²) in [5.74, 6) is 0. The smallest absolute Gasteiger partial charge is 0.0993 e. The standard InChI is InChI=1S/C84H50N8/c85-51-52-45-82(91-78-47-54(87-70-25-9-1-17-58(70)59-18-2-10-26-71(59)87)33-37-66(78)67-38-34-55(48-79(67)91)88-72-27-11-3-19-60(72)61-20-4-12-28-73(61)88)84(53-41-43-86-44-42-53)83(46-52)92-80-49-56(89-74-29-13-5-21-62(74)63-22-6-14-30-75(63)89)35-39-68(80)69-40-36-57(50-81(69)92)90-76-31-15-7-23-64(76)65-24-8-16-32-77(65)90/h1-50H.